The smallest absolute Gasteiger partial charge is 0.261 e. The van der Waals surface area contributed by atoms with Crippen LogP contribution in [0.2, 0.25) is 0 Å². The maximum absolute atomic E-state index is 13.0. The van der Waals surface area contributed by atoms with Gasteiger partial charge in [-0.05, 0) is 42.1 Å². The highest BCUT2D eigenvalue weighted by atomic mass is 19.1. The Hall–Kier alpha value is -3.08. The van der Waals surface area contributed by atoms with E-state index in [0.717, 1.165) is 16.5 Å². The Kier molecular flexibility index (Phi) is 6.26. The van der Waals surface area contributed by atoms with Gasteiger partial charge in [-0.2, -0.15) is 0 Å². The number of amides is 1. The number of nitrogens with one attached hydrogen (secondary N) is 1. The van der Waals surface area contributed by atoms with Crippen LogP contribution in [0.3, 0.4) is 0 Å². The highest BCUT2D eigenvalue weighted by molar-refractivity contribution is 5.88. The molecule has 1 atom stereocenters. The summed E-state index contributed by atoms with van der Waals surface area (Å²) in [7, 11) is 0. The van der Waals surface area contributed by atoms with Gasteiger partial charge in [0.25, 0.3) is 5.91 Å². The number of hydrogen-bond acceptors (Lipinski definition) is 3. The zero-order chi connectivity index (χ0) is 19.1. The molecule has 0 fully saturated rings. The molecule has 27 heavy (non-hydrogen) atoms. The number of carbonyl (C=O) groups excluding carboxylic acids is 1. The van der Waals surface area contributed by atoms with Gasteiger partial charge in [-0.3, -0.25) is 4.79 Å². The largest absolute Gasteiger partial charge is 0.491 e. The average Bonchev–Trinajstić information content (AvgIpc) is 2.70. The summed E-state index contributed by atoms with van der Waals surface area (Å²) in [6, 6.07) is 19.5. The molecule has 0 saturated heterocycles. The molecule has 0 radical (unpaired) electrons. The Balaban J connectivity index is 1.50. The Morgan fingerprint density at radius 1 is 1.04 bits per heavy atom. The van der Waals surface area contributed by atoms with Crippen LogP contribution < -0.4 is 14.8 Å². The fourth-order valence-corrected chi connectivity index (χ4v) is 2.77. The molecule has 0 heterocycles. The normalized spacial score (nSPS) is 11.8. The maximum Gasteiger partial charge on any atom is 0.261 e. The molecule has 0 aliphatic carbocycles. The predicted octanol–water partition coefficient (Wildman–Crippen LogP) is 4.33. The summed E-state index contributed by atoms with van der Waals surface area (Å²) in [5.74, 6) is 0.691. The first-order valence-electron chi connectivity index (χ1n) is 8.98. The molecule has 0 saturated carbocycles. The number of ether oxygens (including phenoxy) is 2. The minimum atomic E-state index is -0.631. The van der Waals surface area contributed by atoms with Crippen LogP contribution in [-0.2, 0) is 4.79 Å². The number of benzene rings is 3. The molecule has 140 valence electrons. The fraction of sp³-hybridized carbons (Fsp3) is 0.227. The van der Waals surface area contributed by atoms with Gasteiger partial charge in [0, 0.05) is 5.39 Å². The molecule has 3 aromatic carbocycles. The van der Waals surface area contributed by atoms with Crippen LogP contribution in [0.5, 0.6) is 11.5 Å². The number of carbonyl (C=O) groups is 1. The first-order valence-corrected chi connectivity index (χ1v) is 8.98. The van der Waals surface area contributed by atoms with Gasteiger partial charge in [-0.25, -0.2) is 4.39 Å². The molecular formula is C22H22FNO3. The van der Waals surface area contributed by atoms with Crippen molar-refractivity contribution in [2.24, 2.45) is 0 Å². The van der Waals surface area contributed by atoms with Crippen molar-refractivity contribution in [3.05, 3.63) is 72.5 Å². The molecule has 0 aliphatic heterocycles. The van der Waals surface area contributed by atoms with Crippen molar-refractivity contribution in [3.8, 4) is 11.5 Å². The second kappa shape index (κ2) is 9.03. The first kappa shape index (κ1) is 18.7. The Morgan fingerprint density at radius 3 is 2.56 bits per heavy atom. The molecule has 1 unspecified atom stereocenters. The van der Waals surface area contributed by atoms with E-state index in [2.05, 4.69) is 5.32 Å². The molecule has 0 aliphatic rings. The van der Waals surface area contributed by atoms with E-state index in [9.17, 15) is 9.18 Å². The molecule has 3 rings (SSSR count). The Labute approximate surface area is 157 Å². The third-order valence-electron chi connectivity index (χ3n) is 4.16. The maximum atomic E-state index is 13.0. The third kappa shape index (κ3) is 4.97. The van der Waals surface area contributed by atoms with Gasteiger partial charge in [0.1, 0.15) is 23.9 Å². The van der Waals surface area contributed by atoms with Gasteiger partial charge in [-0.15, -0.1) is 0 Å². The van der Waals surface area contributed by atoms with Crippen molar-refractivity contribution in [2.75, 3.05) is 13.2 Å². The number of fused-ring (bicyclic) bond motifs is 1. The standard InChI is InChI=1S/C22H22FNO3/c1-2-20(27-18-12-10-17(23)11-13-18)22(25)24-14-15-26-21-9-5-7-16-6-3-4-8-19(16)21/h3-13,20H,2,14-15H2,1H3,(H,24,25). The Morgan fingerprint density at radius 2 is 1.78 bits per heavy atom. The number of rotatable bonds is 8. The summed E-state index contributed by atoms with van der Waals surface area (Å²) >= 11 is 0. The van der Waals surface area contributed by atoms with Gasteiger partial charge in [0.15, 0.2) is 6.10 Å². The van der Waals surface area contributed by atoms with Crippen LogP contribution in [0.1, 0.15) is 13.3 Å². The zero-order valence-electron chi connectivity index (χ0n) is 15.2. The SMILES string of the molecule is CCC(Oc1ccc(F)cc1)C(=O)NCCOc1cccc2ccccc12. The average molecular weight is 367 g/mol. The molecule has 3 aromatic rings. The molecular weight excluding hydrogens is 345 g/mol. The van der Waals surface area contributed by atoms with Crippen molar-refractivity contribution in [1.29, 1.82) is 0 Å². The monoisotopic (exact) mass is 367 g/mol. The van der Waals surface area contributed by atoms with Crippen molar-refractivity contribution in [1.82, 2.24) is 5.32 Å². The van der Waals surface area contributed by atoms with Crippen LogP contribution >= 0.6 is 0 Å². The van der Waals surface area contributed by atoms with Crippen molar-refractivity contribution in [2.45, 2.75) is 19.4 Å². The van der Waals surface area contributed by atoms with Crippen LogP contribution in [-0.4, -0.2) is 25.2 Å². The number of halogens is 1. The van der Waals surface area contributed by atoms with E-state index >= 15 is 0 Å². The molecule has 5 heteroatoms. The van der Waals surface area contributed by atoms with E-state index in [1.54, 1.807) is 0 Å². The summed E-state index contributed by atoms with van der Waals surface area (Å²) in [5, 5.41) is 4.97. The van der Waals surface area contributed by atoms with Crippen LogP contribution in [0.15, 0.2) is 66.7 Å². The van der Waals surface area contributed by atoms with Crippen LogP contribution in [0, 0.1) is 5.82 Å². The Bertz CT molecular complexity index is 890. The lowest BCUT2D eigenvalue weighted by molar-refractivity contribution is -0.128. The zero-order valence-corrected chi connectivity index (χ0v) is 15.2. The summed E-state index contributed by atoms with van der Waals surface area (Å²) < 4.78 is 24.4. The van der Waals surface area contributed by atoms with Gasteiger partial charge >= 0.3 is 0 Å². The molecule has 0 aromatic heterocycles. The lowest BCUT2D eigenvalue weighted by Crippen LogP contribution is -2.39. The minimum Gasteiger partial charge on any atom is -0.491 e. The predicted molar refractivity (Wildman–Crippen MR) is 104 cm³/mol. The second-order valence-electron chi connectivity index (χ2n) is 6.09. The second-order valence-corrected chi connectivity index (χ2v) is 6.09. The highest BCUT2D eigenvalue weighted by Gasteiger charge is 2.18. The van der Waals surface area contributed by atoms with E-state index in [0.29, 0.717) is 25.3 Å². The van der Waals surface area contributed by atoms with Gasteiger partial charge in [0.05, 0.1) is 6.54 Å². The van der Waals surface area contributed by atoms with Crippen molar-refractivity contribution in [3.63, 3.8) is 0 Å². The highest BCUT2D eigenvalue weighted by Crippen LogP contribution is 2.24. The van der Waals surface area contributed by atoms with E-state index in [1.165, 1.54) is 24.3 Å². The first-order chi connectivity index (χ1) is 13.2. The molecule has 1 amide bonds. The van der Waals surface area contributed by atoms with E-state index in [-0.39, 0.29) is 11.7 Å². The summed E-state index contributed by atoms with van der Waals surface area (Å²) in [6.07, 6.45) is -0.124. The summed E-state index contributed by atoms with van der Waals surface area (Å²) in [6.45, 7) is 2.58. The molecule has 0 bridgehead atoms. The van der Waals surface area contributed by atoms with Gasteiger partial charge < -0.3 is 14.8 Å². The lowest BCUT2D eigenvalue weighted by atomic mass is 10.1. The number of hydrogen-bond donors (Lipinski definition) is 1. The van der Waals surface area contributed by atoms with E-state index in [4.69, 9.17) is 9.47 Å². The summed E-state index contributed by atoms with van der Waals surface area (Å²) in [4.78, 5) is 12.3. The third-order valence-corrected chi connectivity index (χ3v) is 4.16. The van der Waals surface area contributed by atoms with E-state index in [1.807, 2.05) is 49.4 Å². The van der Waals surface area contributed by atoms with Crippen molar-refractivity contribution < 1.29 is 18.7 Å². The topological polar surface area (TPSA) is 47.6 Å². The van der Waals surface area contributed by atoms with Gasteiger partial charge in [0.2, 0.25) is 0 Å². The lowest BCUT2D eigenvalue weighted by Gasteiger charge is -2.17. The van der Waals surface area contributed by atoms with Gasteiger partial charge in [-0.1, -0.05) is 43.3 Å². The quantitative estimate of drug-likeness (QED) is 0.603. The molecule has 0 spiro atoms. The molecule has 4 nitrogen and oxygen atoms in total. The minimum absolute atomic E-state index is 0.219. The summed E-state index contributed by atoms with van der Waals surface area (Å²) in [5.41, 5.74) is 0. The van der Waals surface area contributed by atoms with Crippen LogP contribution in [0.4, 0.5) is 4.39 Å². The fourth-order valence-electron chi connectivity index (χ4n) is 2.77. The van der Waals surface area contributed by atoms with E-state index < -0.39 is 6.10 Å². The molecule has 1 N–H and O–H groups in total. The van der Waals surface area contributed by atoms with Crippen molar-refractivity contribution >= 4 is 16.7 Å². The van der Waals surface area contributed by atoms with Crippen LogP contribution in [0.25, 0.3) is 10.8 Å².